The topological polar surface area (TPSA) is 65.8 Å². The summed E-state index contributed by atoms with van der Waals surface area (Å²) in [5, 5.41) is 12.2. The molecule has 0 atom stereocenters. The van der Waals surface area contributed by atoms with Gasteiger partial charge in [-0.1, -0.05) is 18.2 Å². The summed E-state index contributed by atoms with van der Waals surface area (Å²) in [5.41, 5.74) is 2.37. The van der Waals surface area contributed by atoms with E-state index in [1.807, 2.05) is 37.3 Å². The molecule has 0 radical (unpaired) electrons. The number of carbonyl (C=O) groups is 1. The molecule has 0 saturated heterocycles. The monoisotopic (exact) mass is 225 g/mol. The van der Waals surface area contributed by atoms with Crippen LogP contribution in [0.3, 0.4) is 0 Å². The van der Waals surface area contributed by atoms with E-state index in [1.54, 1.807) is 6.20 Å². The summed E-state index contributed by atoms with van der Waals surface area (Å²) >= 11 is 0. The minimum absolute atomic E-state index is 0.150. The number of nitriles is 1. The third-order valence-electron chi connectivity index (χ3n) is 2.49. The third kappa shape index (κ3) is 2.23. The van der Waals surface area contributed by atoms with E-state index in [4.69, 9.17) is 5.26 Å². The molecule has 2 rings (SSSR count). The van der Waals surface area contributed by atoms with E-state index in [-0.39, 0.29) is 12.3 Å². The zero-order chi connectivity index (χ0) is 12.3. The van der Waals surface area contributed by atoms with Crippen LogP contribution in [-0.2, 0) is 4.79 Å². The van der Waals surface area contributed by atoms with Crippen LogP contribution in [0.25, 0.3) is 10.9 Å². The first-order chi connectivity index (χ1) is 8.22. The molecule has 1 aromatic carbocycles. The Kier molecular flexibility index (Phi) is 3.01. The number of nitrogens with one attached hydrogen (secondary N) is 1. The molecular weight excluding hydrogens is 214 g/mol. The summed E-state index contributed by atoms with van der Waals surface area (Å²) < 4.78 is 0. The molecule has 4 nitrogen and oxygen atoms in total. The van der Waals surface area contributed by atoms with Crippen LogP contribution in [0, 0.1) is 18.3 Å². The Balaban J connectivity index is 2.48. The fourth-order valence-corrected chi connectivity index (χ4v) is 1.66. The molecule has 0 bridgehead atoms. The molecule has 0 spiro atoms. The fourth-order valence-electron chi connectivity index (χ4n) is 1.66. The summed E-state index contributed by atoms with van der Waals surface area (Å²) in [7, 11) is 0. The first kappa shape index (κ1) is 11.1. The largest absolute Gasteiger partial charge is 0.323 e. The van der Waals surface area contributed by atoms with E-state index >= 15 is 0 Å². The molecule has 17 heavy (non-hydrogen) atoms. The fraction of sp³-hybridized carbons (Fsp3) is 0.154. The molecule has 1 heterocycles. The average molecular weight is 225 g/mol. The van der Waals surface area contributed by atoms with Crippen molar-refractivity contribution < 1.29 is 4.79 Å². The van der Waals surface area contributed by atoms with Gasteiger partial charge in [-0.25, -0.2) is 0 Å². The Morgan fingerprint density at radius 2 is 2.29 bits per heavy atom. The quantitative estimate of drug-likeness (QED) is 0.853. The van der Waals surface area contributed by atoms with Gasteiger partial charge < -0.3 is 5.32 Å². The molecule has 0 aliphatic carbocycles. The highest BCUT2D eigenvalue weighted by atomic mass is 16.1. The van der Waals surface area contributed by atoms with Gasteiger partial charge in [-0.3, -0.25) is 9.78 Å². The zero-order valence-electron chi connectivity index (χ0n) is 9.40. The number of hydrogen-bond acceptors (Lipinski definition) is 3. The maximum atomic E-state index is 11.4. The molecule has 1 N–H and O–H groups in total. The Labute approximate surface area is 98.9 Å². The van der Waals surface area contributed by atoms with Gasteiger partial charge >= 0.3 is 0 Å². The molecule has 0 aliphatic heterocycles. The van der Waals surface area contributed by atoms with E-state index in [0.29, 0.717) is 5.69 Å². The van der Waals surface area contributed by atoms with Crippen molar-refractivity contribution >= 4 is 22.5 Å². The van der Waals surface area contributed by atoms with Crippen LogP contribution >= 0.6 is 0 Å². The smallest absolute Gasteiger partial charge is 0.238 e. The van der Waals surface area contributed by atoms with Crippen molar-refractivity contribution in [3.05, 3.63) is 36.0 Å². The second-order valence-electron chi connectivity index (χ2n) is 3.72. The van der Waals surface area contributed by atoms with E-state index in [9.17, 15) is 4.79 Å². The number of aromatic nitrogens is 1. The SMILES string of the molecule is Cc1ccc2cccnc2c1NC(=O)CC#N. The Bertz CT molecular complexity index is 614. The highest BCUT2D eigenvalue weighted by molar-refractivity contribution is 6.02. The number of pyridine rings is 1. The van der Waals surface area contributed by atoms with Crippen LogP contribution in [-0.4, -0.2) is 10.9 Å². The second-order valence-corrected chi connectivity index (χ2v) is 3.72. The van der Waals surface area contributed by atoms with Crippen molar-refractivity contribution in [3.8, 4) is 6.07 Å². The van der Waals surface area contributed by atoms with E-state index in [2.05, 4.69) is 10.3 Å². The highest BCUT2D eigenvalue weighted by Crippen LogP contribution is 2.25. The molecule has 0 saturated carbocycles. The van der Waals surface area contributed by atoms with Crippen molar-refractivity contribution in [1.29, 1.82) is 5.26 Å². The number of rotatable bonds is 2. The number of benzene rings is 1. The lowest BCUT2D eigenvalue weighted by molar-refractivity contribution is -0.115. The number of amides is 1. The maximum absolute atomic E-state index is 11.4. The van der Waals surface area contributed by atoms with Gasteiger partial charge in [0.2, 0.25) is 5.91 Å². The first-order valence-corrected chi connectivity index (χ1v) is 5.23. The summed E-state index contributed by atoms with van der Waals surface area (Å²) in [6.45, 7) is 1.90. The van der Waals surface area contributed by atoms with Crippen LogP contribution in [0.2, 0.25) is 0 Å². The number of aryl methyl sites for hydroxylation is 1. The second kappa shape index (κ2) is 4.62. The Hall–Kier alpha value is -2.41. The van der Waals surface area contributed by atoms with Crippen LogP contribution in [0.4, 0.5) is 5.69 Å². The van der Waals surface area contributed by atoms with Gasteiger partial charge in [0.05, 0.1) is 17.3 Å². The predicted molar refractivity (Wildman–Crippen MR) is 65.3 cm³/mol. The molecule has 4 heteroatoms. The van der Waals surface area contributed by atoms with Gasteiger partial charge in [0.25, 0.3) is 0 Å². The number of nitrogens with zero attached hydrogens (tertiary/aromatic N) is 2. The molecule has 1 amide bonds. The predicted octanol–water partition coefficient (Wildman–Crippen LogP) is 2.40. The van der Waals surface area contributed by atoms with Crippen LogP contribution in [0.5, 0.6) is 0 Å². The maximum Gasteiger partial charge on any atom is 0.238 e. The highest BCUT2D eigenvalue weighted by Gasteiger charge is 2.08. The molecule has 0 aliphatic rings. The van der Waals surface area contributed by atoms with Gasteiger partial charge in [-0.05, 0) is 18.6 Å². The summed E-state index contributed by atoms with van der Waals surface area (Å²) in [6.07, 6.45) is 1.53. The minimum Gasteiger partial charge on any atom is -0.323 e. The summed E-state index contributed by atoms with van der Waals surface area (Å²) in [4.78, 5) is 15.7. The normalized spacial score (nSPS) is 9.88. The van der Waals surface area contributed by atoms with E-state index in [1.165, 1.54) is 0 Å². The van der Waals surface area contributed by atoms with Crippen molar-refractivity contribution in [1.82, 2.24) is 4.98 Å². The minimum atomic E-state index is -0.311. The van der Waals surface area contributed by atoms with Crippen molar-refractivity contribution in [3.63, 3.8) is 0 Å². The van der Waals surface area contributed by atoms with Crippen LogP contribution in [0.15, 0.2) is 30.5 Å². The van der Waals surface area contributed by atoms with Crippen molar-refractivity contribution in [2.24, 2.45) is 0 Å². The summed E-state index contributed by atoms with van der Waals surface area (Å²) in [6, 6.07) is 9.48. The Morgan fingerprint density at radius 1 is 1.47 bits per heavy atom. The zero-order valence-corrected chi connectivity index (χ0v) is 9.40. The molecular formula is C13H11N3O. The number of anilines is 1. The summed E-state index contributed by atoms with van der Waals surface area (Å²) in [5.74, 6) is -0.311. The number of carbonyl (C=O) groups excluding carboxylic acids is 1. The first-order valence-electron chi connectivity index (χ1n) is 5.23. The van der Waals surface area contributed by atoms with Gasteiger partial charge in [-0.2, -0.15) is 5.26 Å². The van der Waals surface area contributed by atoms with Gasteiger partial charge in [0.1, 0.15) is 6.42 Å². The van der Waals surface area contributed by atoms with Gasteiger partial charge in [-0.15, -0.1) is 0 Å². The van der Waals surface area contributed by atoms with Crippen molar-refractivity contribution in [2.45, 2.75) is 13.3 Å². The average Bonchev–Trinajstić information content (AvgIpc) is 2.33. The van der Waals surface area contributed by atoms with Gasteiger partial charge in [0.15, 0.2) is 0 Å². The molecule has 0 unspecified atom stereocenters. The molecule has 0 fully saturated rings. The molecule has 84 valence electrons. The Morgan fingerprint density at radius 3 is 3.06 bits per heavy atom. The van der Waals surface area contributed by atoms with Crippen molar-refractivity contribution in [2.75, 3.05) is 5.32 Å². The van der Waals surface area contributed by atoms with E-state index < -0.39 is 0 Å². The van der Waals surface area contributed by atoms with Gasteiger partial charge in [0, 0.05) is 11.6 Å². The third-order valence-corrected chi connectivity index (χ3v) is 2.49. The standard InChI is InChI=1S/C13H11N3O/c1-9-4-5-10-3-2-8-15-13(10)12(9)16-11(17)6-7-14/h2-5,8H,6H2,1H3,(H,16,17). The number of hydrogen-bond donors (Lipinski definition) is 1. The molecule has 1 aromatic heterocycles. The number of fused-ring (bicyclic) bond motifs is 1. The van der Waals surface area contributed by atoms with Crippen LogP contribution in [0.1, 0.15) is 12.0 Å². The lowest BCUT2D eigenvalue weighted by Crippen LogP contribution is -2.11. The molecule has 2 aromatic rings. The lowest BCUT2D eigenvalue weighted by Gasteiger charge is -2.09. The van der Waals surface area contributed by atoms with E-state index in [0.717, 1.165) is 16.5 Å². The van der Waals surface area contributed by atoms with Crippen LogP contribution < -0.4 is 5.32 Å². The lowest BCUT2D eigenvalue weighted by atomic mass is 10.1.